The van der Waals surface area contributed by atoms with Crippen molar-refractivity contribution in [1.82, 2.24) is 4.98 Å². The standard InChI is InChI=1S/C13H13NO3/c1-6-4-7(2)10-8(3)11(13(16)17)12(15)14-9(10)5-6/h4-5H,1-3H3,(H,14,15)(H,16,17). The number of pyridine rings is 1. The van der Waals surface area contributed by atoms with Crippen molar-refractivity contribution in [3.63, 3.8) is 0 Å². The van der Waals surface area contributed by atoms with Gasteiger partial charge in [-0.05, 0) is 43.5 Å². The lowest BCUT2D eigenvalue weighted by Gasteiger charge is -2.09. The quantitative estimate of drug-likeness (QED) is 0.790. The minimum absolute atomic E-state index is 0.176. The molecule has 0 saturated heterocycles. The Kier molecular flexibility index (Phi) is 2.50. The Bertz CT molecular complexity index is 683. The van der Waals surface area contributed by atoms with Crippen LogP contribution in [0.4, 0.5) is 0 Å². The van der Waals surface area contributed by atoms with E-state index in [4.69, 9.17) is 5.11 Å². The van der Waals surface area contributed by atoms with Crippen molar-refractivity contribution in [3.8, 4) is 0 Å². The number of carbonyl (C=O) groups is 1. The molecular weight excluding hydrogens is 218 g/mol. The van der Waals surface area contributed by atoms with Crippen molar-refractivity contribution in [2.75, 3.05) is 0 Å². The largest absolute Gasteiger partial charge is 0.477 e. The molecule has 2 aromatic rings. The summed E-state index contributed by atoms with van der Waals surface area (Å²) >= 11 is 0. The van der Waals surface area contributed by atoms with Crippen LogP contribution in [0.25, 0.3) is 10.9 Å². The van der Waals surface area contributed by atoms with Crippen molar-refractivity contribution < 1.29 is 9.90 Å². The van der Waals surface area contributed by atoms with Gasteiger partial charge in [-0.3, -0.25) is 4.79 Å². The molecule has 0 radical (unpaired) electrons. The predicted molar refractivity (Wildman–Crippen MR) is 65.7 cm³/mol. The second kappa shape index (κ2) is 3.73. The van der Waals surface area contributed by atoms with Crippen LogP contribution in [-0.4, -0.2) is 16.1 Å². The molecule has 0 spiro atoms. The van der Waals surface area contributed by atoms with Gasteiger partial charge < -0.3 is 10.1 Å². The SMILES string of the molecule is Cc1cc(C)c2c(C)c(C(=O)O)c(=O)[nH]c2c1. The van der Waals surface area contributed by atoms with Crippen LogP contribution in [0.15, 0.2) is 16.9 Å². The third kappa shape index (κ3) is 1.71. The molecule has 0 atom stereocenters. The van der Waals surface area contributed by atoms with Gasteiger partial charge in [-0.15, -0.1) is 0 Å². The van der Waals surface area contributed by atoms with Gasteiger partial charge in [-0.1, -0.05) is 6.07 Å². The number of aromatic carboxylic acids is 1. The average molecular weight is 231 g/mol. The third-order valence-electron chi connectivity index (χ3n) is 2.92. The molecule has 4 nitrogen and oxygen atoms in total. The molecule has 0 fully saturated rings. The summed E-state index contributed by atoms with van der Waals surface area (Å²) in [6.07, 6.45) is 0. The number of rotatable bonds is 1. The fourth-order valence-corrected chi connectivity index (χ4v) is 2.30. The molecule has 17 heavy (non-hydrogen) atoms. The maximum atomic E-state index is 11.7. The van der Waals surface area contributed by atoms with Crippen LogP contribution in [-0.2, 0) is 0 Å². The summed E-state index contributed by atoms with van der Waals surface area (Å²) in [6, 6.07) is 3.82. The van der Waals surface area contributed by atoms with Gasteiger partial charge in [0, 0.05) is 10.9 Å². The van der Waals surface area contributed by atoms with Gasteiger partial charge in [0.25, 0.3) is 5.56 Å². The topological polar surface area (TPSA) is 70.2 Å². The van der Waals surface area contributed by atoms with Crippen LogP contribution in [0.3, 0.4) is 0 Å². The third-order valence-corrected chi connectivity index (χ3v) is 2.92. The number of aryl methyl sites for hydroxylation is 3. The van der Waals surface area contributed by atoms with Crippen LogP contribution in [0, 0.1) is 20.8 Å². The van der Waals surface area contributed by atoms with E-state index in [0.29, 0.717) is 11.1 Å². The van der Waals surface area contributed by atoms with Crippen LogP contribution in [0.1, 0.15) is 27.0 Å². The lowest BCUT2D eigenvalue weighted by atomic mass is 9.99. The van der Waals surface area contributed by atoms with Gasteiger partial charge in [-0.2, -0.15) is 0 Å². The Hall–Kier alpha value is -2.10. The zero-order valence-corrected chi connectivity index (χ0v) is 9.92. The fraction of sp³-hybridized carbons (Fsp3) is 0.231. The van der Waals surface area contributed by atoms with E-state index in [-0.39, 0.29) is 5.56 Å². The van der Waals surface area contributed by atoms with Crippen molar-refractivity contribution >= 4 is 16.9 Å². The zero-order chi connectivity index (χ0) is 12.7. The fourth-order valence-electron chi connectivity index (χ4n) is 2.30. The molecule has 2 rings (SSSR count). The second-order valence-corrected chi connectivity index (χ2v) is 4.26. The first-order valence-corrected chi connectivity index (χ1v) is 5.29. The Labute approximate surface area is 97.9 Å². The highest BCUT2D eigenvalue weighted by atomic mass is 16.4. The second-order valence-electron chi connectivity index (χ2n) is 4.26. The molecule has 0 aliphatic carbocycles. The summed E-state index contributed by atoms with van der Waals surface area (Å²) in [5.41, 5.74) is 2.49. The maximum absolute atomic E-state index is 11.7. The highest BCUT2D eigenvalue weighted by Gasteiger charge is 2.16. The smallest absolute Gasteiger partial charge is 0.341 e. The van der Waals surface area contributed by atoms with Gasteiger partial charge in [-0.25, -0.2) is 4.79 Å². The molecule has 1 heterocycles. The van der Waals surface area contributed by atoms with E-state index in [0.717, 1.165) is 16.5 Å². The average Bonchev–Trinajstić information content (AvgIpc) is 2.13. The van der Waals surface area contributed by atoms with E-state index in [1.807, 2.05) is 26.0 Å². The molecule has 1 aromatic carbocycles. The monoisotopic (exact) mass is 231 g/mol. The molecule has 88 valence electrons. The normalized spacial score (nSPS) is 10.8. The van der Waals surface area contributed by atoms with E-state index in [2.05, 4.69) is 4.98 Å². The van der Waals surface area contributed by atoms with Crippen LogP contribution in [0.2, 0.25) is 0 Å². The van der Waals surface area contributed by atoms with Gasteiger partial charge in [0.1, 0.15) is 5.56 Å². The van der Waals surface area contributed by atoms with E-state index >= 15 is 0 Å². The van der Waals surface area contributed by atoms with E-state index in [9.17, 15) is 9.59 Å². The number of benzene rings is 1. The molecule has 0 amide bonds. The molecule has 0 aliphatic rings. The number of carboxylic acid groups (broad SMARTS) is 1. The van der Waals surface area contributed by atoms with Crippen molar-refractivity contribution in [3.05, 3.63) is 44.7 Å². The Morgan fingerprint density at radius 3 is 2.47 bits per heavy atom. The number of fused-ring (bicyclic) bond motifs is 1. The first-order chi connectivity index (χ1) is 7.91. The minimum Gasteiger partial charge on any atom is -0.477 e. The number of aromatic nitrogens is 1. The van der Waals surface area contributed by atoms with E-state index in [1.165, 1.54) is 0 Å². The lowest BCUT2D eigenvalue weighted by Crippen LogP contribution is -2.19. The van der Waals surface area contributed by atoms with E-state index in [1.54, 1.807) is 6.92 Å². The number of hydrogen-bond acceptors (Lipinski definition) is 2. The van der Waals surface area contributed by atoms with Crippen molar-refractivity contribution in [2.45, 2.75) is 20.8 Å². The molecule has 0 saturated carbocycles. The van der Waals surface area contributed by atoms with Crippen LogP contribution >= 0.6 is 0 Å². The first-order valence-electron chi connectivity index (χ1n) is 5.29. The van der Waals surface area contributed by atoms with Crippen molar-refractivity contribution in [1.29, 1.82) is 0 Å². The lowest BCUT2D eigenvalue weighted by molar-refractivity contribution is 0.0694. The molecule has 0 bridgehead atoms. The Morgan fingerprint density at radius 1 is 1.24 bits per heavy atom. The summed E-state index contributed by atoms with van der Waals surface area (Å²) in [6.45, 7) is 5.51. The molecule has 4 heteroatoms. The molecule has 2 N–H and O–H groups in total. The van der Waals surface area contributed by atoms with Gasteiger partial charge in [0.05, 0.1) is 0 Å². The number of hydrogen-bond donors (Lipinski definition) is 2. The number of carboxylic acids is 1. The summed E-state index contributed by atoms with van der Waals surface area (Å²) in [5.74, 6) is -1.19. The van der Waals surface area contributed by atoms with Gasteiger partial charge in [0.2, 0.25) is 0 Å². The van der Waals surface area contributed by atoms with Crippen LogP contribution < -0.4 is 5.56 Å². The predicted octanol–water partition coefficient (Wildman–Crippen LogP) is 2.15. The highest BCUT2D eigenvalue weighted by Crippen LogP contribution is 2.22. The highest BCUT2D eigenvalue weighted by molar-refractivity contribution is 5.97. The van der Waals surface area contributed by atoms with Crippen LogP contribution in [0.5, 0.6) is 0 Å². The van der Waals surface area contributed by atoms with Crippen molar-refractivity contribution in [2.24, 2.45) is 0 Å². The minimum atomic E-state index is -1.19. The van der Waals surface area contributed by atoms with Gasteiger partial charge in [0.15, 0.2) is 0 Å². The summed E-state index contributed by atoms with van der Waals surface area (Å²) in [5, 5.41) is 9.84. The molecular formula is C13H13NO3. The summed E-state index contributed by atoms with van der Waals surface area (Å²) in [4.78, 5) is 25.4. The van der Waals surface area contributed by atoms with E-state index < -0.39 is 11.5 Å². The van der Waals surface area contributed by atoms with Gasteiger partial charge >= 0.3 is 5.97 Å². The summed E-state index contributed by atoms with van der Waals surface area (Å²) in [7, 11) is 0. The molecule has 1 aromatic heterocycles. The Balaban J connectivity index is 3.03. The molecule has 0 aliphatic heterocycles. The molecule has 0 unspecified atom stereocenters. The first kappa shape index (κ1) is 11.4. The summed E-state index contributed by atoms with van der Waals surface area (Å²) < 4.78 is 0. The number of H-pyrrole nitrogens is 1. The Morgan fingerprint density at radius 2 is 1.88 bits per heavy atom. The number of aromatic amines is 1. The zero-order valence-electron chi connectivity index (χ0n) is 9.92. The number of nitrogens with one attached hydrogen (secondary N) is 1. The maximum Gasteiger partial charge on any atom is 0.341 e.